The van der Waals surface area contributed by atoms with E-state index in [1.54, 1.807) is 6.07 Å². The van der Waals surface area contributed by atoms with Gasteiger partial charge < -0.3 is 5.73 Å². The van der Waals surface area contributed by atoms with E-state index in [4.69, 9.17) is 5.73 Å². The van der Waals surface area contributed by atoms with Gasteiger partial charge in [0.2, 0.25) is 0 Å². The number of hydrogen-bond acceptors (Lipinski definition) is 2. The van der Waals surface area contributed by atoms with Gasteiger partial charge in [0.1, 0.15) is 11.5 Å². The van der Waals surface area contributed by atoms with Crippen molar-refractivity contribution in [1.82, 2.24) is 9.78 Å². The number of aromatic nitrogens is 2. The van der Waals surface area contributed by atoms with Crippen LogP contribution in [0.1, 0.15) is 31.7 Å². The normalized spacial score (nSPS) is 16.3. The van der Waals surface area contributed by atoms with E-state index in [2.05, 4.69) is 5.10 Å². The smallest absolute Gasteiger partial charge is 0.123 e. The van der Waals surface area contributed by atoms with Crippen molar-refractivity contribution in [2.24, 2.45) is 0 Å². The molecule has 1 saturated carbocycles. The molecule has 0 spiro atoms. The predicted octanol–water partition coefficient (Wildman–Crippen LogP) is 3.39. The predicted molar refractivity (Wildman–Crippen MR) is 69.5 cm³/mol. The molecule has 1 aliphatic carbocycles. The second kappa shape index (κ2) is 4.44. The van der Waals surface area contributed by atoms with Crippen molar-refractivity contribution in [1.29, 1.82) is 0 Å². The van der Waals surface area contributed by atoms with Crippen LogP contribution in [0.4, 0.5) is 10.1 Å². The van der Waals surface area contributed by atoms with Crippen molar-refractivity contribution < 1.29 is 4.39 Å². The Labute approximate surface area is 105 Å². The Morgan fingerprint density at radius 2 is 2.06 bits per heavy atom. The summed E-state index contributed by atoms with van der Waals surface area (Å²) in [5.41, 5.74) is 8.03. The van der Waals surface area contributed by atoms with Gasteiger partial charge in [0.05, 0.1) is 11.7 Å². The third-order valence-electron chi connectivity index (χ3n) is 3.56. The number of rotatable bonds is 2. The summed E-state index contributed by atoms with van der Waals surface area (Å²) in [5, 5.41) is 4.53. The zero-order chi connectivity index (χ0) is 12.5. The first-order chi connectivity index (χ1) is 8.74. The first-order valence-electron chi connectivity index (χ1n) is 6.34. The highest BCUT2D eigenvalue weighted by Crippen LogP contribution is 2.32. The molecule has 2 aromatic rings. The summed E-state index contributed by atoms with van der Waals surface area (Å²) in [6, 6.07) is 6.86. The molecule has 4 heteroatoms. The van der Waals surface area contributed by atoms with E-state index < -0.39 is 0 Å². The molecule has 18 heavy (non-hydrogen) atoms. The fraction of sp³-hybridized carbons (Fsp3) is 0.357. The van der Waals surface area contributed by atoms with Gasteiger partial charge in [-0.3, -0.25) is 4.68 Å². The molecule has 3 nitrogen and oxygen atoms in total. The lowest BCUT2D eigenvalue weighted by molar-refractivity contribution is 0.468. The van der Waals surface area contributed by atoms with Crippen LogP contribution in [-0.4, -0.2) is 9.78 Å². The molecule has 1 heterocycles. The van der Waals surface area contributed by atoms with E-state index in [1.807, 2.05) is 16.9 Å². The molecular formula is C14H16FN3. The summed E-state index contributed by atoms with van der Waals surface area (Å²) in [4.78, 5) is 0. The molecule has 0 saturated heterocycles. The van der Waals surface area contributed by atoms with Crippen molar-refractivity contribution in [3.05, 3.63) is 36.3 Å². The van der Waals surface area contributed by atoms with Crippen LogP contribution in [0, 0.1) is 5.82 Å². The second-order valence-corrected chi connectivity index (χ2v) is 4.86. The number of anilines is 1. The number of benzene rings is 1. The minimum Gasteiger partial charge on any atom is -0.396 e. The average Bonchev–Trinajstić information content (AvgIpc) is 2.97. The Balaban J connectivity index is 1.97. The molecule has 0 bridgehead atoms. The summed E-state index contributed by atoms with van der Waals surface area (Å²) in [7, 11) is 0. The van der Waals surface area contributed by atoms with Crippen LogP contribution in [0.25, 0.3) is 11.3 Å². The highest BCUT2D eigenvalue weighted by atomic mass is 19.1. The van der Waals surface area contributed by atoms with Crippen LogP contribution >= 0.6 is 0 Å². The first-order valence-corrected chi connectivity index (χ1v) is 6.34. The largest absolute Gasteiger partial charge is 0.396 e. The Morgan fingerprint density at radius 3 is 2.78 bits per heavy atom. The number of nitrogen functional groups attached to an aromatic ring is 1. The maximum atomic E-state index is 13.2. The van der Waals surface area contributed by atoms with Crippen molar-refractivity contribution in [2.45, 2.75) is 31.7 Å². The Kier molecular flexibility index (Phi) is 2.78. The van der Waals surface area contributed by atoms with Gasteiger partial charge in [0.25, 0.3) is 0 Å². The summed E-state index contributed by atoms with van der Waals surface area (Å²) in [5.74, 6) is -0.262. The van der Waals surface area contributed by atoms with Gasteiger partial charge >= 0.3 is 0 Å². The molecule has 0 radical (unpaired) electrons. The Morgan fingerprint density at radius 1 is 1.28 bits per heavy atom. The van der Waals surface area contributed by atoms with Gasteiger partial charge in [-0.25, -0.2) is 4.39 Å². The lowest BCUT2D eigenvalue weighted by Crippen LogP contribution is -2.04. The van der Waals surface area contributed by atoms with Crippen LogP contribution in [0.5, 0.6) is 0 Å². The molecule has 1 aliphatic rings. The minimum atomic E-state index is -0.262. The van der Waals surface area contributed by atoms with E-state index in [-0.39, 0.29) is 5.82 Å². The van der Waals surface area contributed by atoms with Gasteiger partial charge in [0.15, 0.2) is 0 Å². The molecule has 3 rings (SSSR count). The van der Waals surface area contributed by atoms with Crippen molar-refractivity contribution in [3.8, 4) is 11.3 Å². The zero-order valence-electron chi connectivity index (χ0n) is 10.1. The third-order valence-corrected chi connectivity index (χ3v) is 3.56. The molecule has 0 aliphatic heterocycles. The van der Waals surface area contributed by atoms with Crippen molar-refractivity contribution in [3.63, 3.8) is 0 Å². The number of nitrogens with two attached hydrogens (primary N) is 1. The van der Waals surface area contributed by atoms with Gasteiger partial charge in [-0.15, -0.1) is 0 Å². The van der Waals surface area contributed by atoms with Crippen molar-refractivity contribution in [2.75, 3.05) is 5.73 Å². The Bertz CT molecular complexity index is 556. The average molecular weight is 245 g/mol. The number of hydrogen-bond donors (Lipinski definition) is 1. The van der Waals surface area contributed by atoms with E-state index in [0.717, 1.165) is 18.4 Å². The monoisotopic (exact) mass is 245 g/mol. The van der Waals surface area contributed by atoms with Gasteiger partial charge in [0, 0.05) is 11.8 Å². The van der Waals surface area contributed by atoms with E-state index in [9.17, 15) is 4.39 Å². The minimum absolute atomic E-state index is 0.262. The third kappa shape index (κ3) is 1.98. The van der Waals surface area contributed by atoms with Crippen LogP contribution in [-0.2, 0) is 0 Å². The lowest BCUT2D eigenvalue weighted by Gasteiger charge is -2.08. The molecule has 0 atom stereocenters. The topological polar surface area (TPSA) is 43.8 Å². The number of halogens is 1. The van der Waals surface area contributed by atoms with Crippen LogP contribution < -0.4 is 5.73 Å². The molecular weight excluding hydrogens is 229 g/mol. The van der Waals surface area contributed by atoms with Crippen LogP contribution in [0.3, 0.4) is 0 Å². The van der Waals surface area contributed by atoms with Crippen LogP contribution in [0.2, 0.25) is 0 Å². The molecule has 1 fully saturated rings. The zero-order valence-corrected chi connectivity index (χ0v) is 10.1. The SMILES string of the molecule is Nc1cn(C2CCCC2)nc1-c1cccc(F)c1. The maximum absolute atomic E-state index is 13.2. The highest BCUT2D eigenvalue weighted by Gasteiger charge is 2.19. The highest BCUT2D eigenvalue weighted by molar-refractivity contribution is 5.71. The van der Waals surface area contributed by atoms with Gasteiger partial charge in [-0.05, 0) is 25.0 Å². The standard InChI is InChI=1S/C14H16FN3/c15-11-5-3-4-10(8-11)14-13(16)9-18(17-14)12-6-1-2-7-12/h3-5,8-9,12H,1-2,6-7,16H2. The molecule has 0 amide bonds. The molecule has 0 unspecified atom stereocenters. The maximum Gasteiger partial charge on any atom is 0.123 e. The first kappa shape index (κ1) is 11.3. The fourth-order valence-electron chi connectivity index (χ4n) is 2.62. The van der Waals surface area contributed by atoms with E-state index in [1.165, 1.54) is 25.0 Å². The summed E-state index contributed by atoms with van der Waals surface area (Å²) in [6.45, 7) is 0. The fourth-order valence-corrected chi connectivity index (χ4v) is 2.62. The van der Waals surface area contributed by atoms with E-state index >= 15 is 0 Å². The summed E-state index contributed by atoms with van der Waals surface area (Å²) in [6.07, 6.45) is 6.68. The van der Waals surface area contributed by atoms with Gasteiger partial charge in [-0.1, -0.05) is 25.0 Å². The quantitative estimate of drug-likeness (QED) is 0.881. The molecule has 94 valence electrons. The molecule has 2 N–H and O–H groups in total. The Hall–Kier alpha value is -1.84. The lowest BCUT2D eigenvalue weighted by atomic mass is 10.1. The molecule has 1 aromatic heterocycles. The molecule has 1 aromatic carbocycles. The summed E-state index contributed by atoms with van der Waals surface area (Å²) < 4.78 is 15.2. The number of nitrogens with zero attached hydrogens (tertiary/aromatic N) is 2. The second-order valence-electron chi connectivity index (χ2n) is 4.86. The van der Waals surface area contributed by atoms with Gasteiger partial charge in [-0.2, -0.15) is 5.10 Å². The van der Waals surface area contributed by atoms with Crippen molar-refractivity contribution >= 4 is 5.69 Å². The summed E-state index contributed by atoms with van der Waals surface area (Å²) >= 11 is 0. The van der Waals surface area contributed by atoms with Crippen LogP contribution in [0.15, 0.2) is 30.5 Å². The van der Waals surface area contributed by atoms with E-state index in [0.29, 0.717) is 17.4 Å².